The van der Waals surface area contributed by atoms with Crippen LogP contribution in [0.1, 0.15) is 86.0 Å². The van der Waals surface area contributed by atoms with E-state index in [1.807, 2.05) is 153 Å². The third-order valence-corrected chi connectivity index (χ3v) is 15.5. The van der Waals surface area contributed by atoms with E-state index in [1.54, 1.807) is 19.1 Å². The number of carbonyl (C=O) groups is 6. The molecule has 0 bridgehead atoms. The third kappa shape index (κ3) is 26.9. The predicted octanol–water partition coefficient (Wildman–Crippen LogP) is 12.7. The van der Waals surface area contributed by atoms with Gasteiger partial charge in [-0.25, -0.2) is 29.9 Å². The third-order valence-electron chi connectivity index (χ3n) is 14.9. The predicted molar refractivity (Wildman–Crippen MR) is 393 cm³/mol. The second kappa shape index (κ2) is 43.8. The summed E-state index contributed by atoms with van der Waals surface area (Å²) in [7, 11) is 0. The highest BCUT2D eigenvalue weighted by atomic mass is 79.9. The van der Waals surface area contributed by atoms with Gasteiger partial charge in [-0.2, -0.15) is 35.5 Å². The number of carbonyl (C=O) groups excluding carboxylic acids is 5. The minimum Gasteiger partial charge on any atom is -0.542 e. The average Bonchev–Trinajstić information content (AvgIpc) is 0.776. The maximum absolute atomic E-state index is 11.4. The normalized spacial score (nSPS) is 10.8. The number of fused-ring (bicyclic) bond motifs is 8. The van der Waals surface area contributed by atoms with E-state index in [2.05, 4.69) is 81.8 Å². The zero-order valence-electron chi connectivity index (χ0n) is 60.0. The number of aromatic nitrogens is 8. The van der Waals surface area contributed by atoms with Crippen LogP contribution in [0.2, 0.25) is 0 Å². The molecule has 31 heteroatoms. The van der Waals surface area contributed by atoms with Crippen molar-refractivity contribution in [1.29, 1.82) is 0 Å². The fraction of sp³-hybridized carbons (Fsp3) is 0.308. The van der Waals surface area contributed by atoms with Crippen molar-refractivity contribution in [2.75, 3.05) is 45.0 Å². The van der Waals surface area contributed by atoms with Gasteiger partial charge in [0.25, 0.3) is 0 Å². The summed E-state index contributed by atoms with van der Waals surface area (Å²) in [5.41, 5.74) is 13.9. The summed E-state index contributed by atoms with van der Waals surface area (Å²) >= 11 is 3.22. The summed E-state index contributed by atoms with van der Waals surface area (Å²) < 4.78 is 99.5. The average molecular weight is 1580 g/mol. The van der Waals surface area contributed by atoms with Gasteiger partial charge in [-0.3, -0.25) is 19.2 Å². The number of halogens is 7. The number of esters is 3. The zero-order valence-corrected chi connectivity index (χ0v) is 61.6. The lowest BCUT2D eigenvalue weighted by Gasteiger charge is -2.09. The Morgan fingerprint density at radius 3 is 1.05 bits per heavy atom. The van der Waals surface area contributed by atoms with Crippen molar-refractivity contribution < 1.29 is 113 Å². The largest absolute Gasteiger partial charge is 0.542 e. The number of ether oxygens (including phenoxy) is 6. The SMILES string of the molecule is CCOC(=O)CCCBr.CCOC(=O)CCCOc1cccc2c1nc1ccccc1[n+]2CC.CCOC(=O)CCCOc1cccc2nc3ccccc3nc12.CC[n+]1c2ccccc2nc2c(OCCCC(=O)O)cccc21.O=C([O-])C(F)(F)F.O=C([O-])C(F)(F)F.Oc1cccc2nc3ccccc3nc12. The van der Waals surface area contributed by atoms with Gasteiger partial charge in [0.15, 0.2) is 22.5 Å². The molecule has 0 aliphatic rings. The fourth-order valence-corrected chi connectivity index (χ4v) is 10.4. The maximum atomic E-state index is 11.4. The number of hydrogen-bond donors (Lipinski definition) is 2. The number of rotatable bonds is 23. The van der Waals surface area contributed by atoms with Gasteiger partial charge in [0.2, 0.25) is 22.1 Å². The number of phenolic OH excluding ortho intramolecular Hbond substituents is 1. The van der Waals surface area contributed by atoms with Crippen LogP contribution in [0.4, 0.5) is 26.3 Å². The Morgan fingerprint density at radius 2 is 0.679 bits per heavy atom. The summed E-state index contributed by atoms with van der Waals surface area (Å²) in [5.74, 6) is -5.00. The molecule has 576 valence electrons. The van der Waals surface area contributed by atoms with Crippen LogP contribution in [-0.2, 0) is 56.1 Å². The molecule has 24 nitrogen and oxygen atoms in total. The Kier molecular flexibility index (Phi) is 34.6. The molecule has 12 aromatic rings. The van der Waals surface area contributed by atoms with E-state index in [9.17, 15) is 50.6 Å². The molecule has 0 fully saturated rings. The van der Waals surface area contributed by atoms with Crippen LogP contribution in [0.15, 0.2) is 170 Å². The summed E-state index contributed by atoms with van der Waals surface area (Å²) in [4.78, 5) is 89.0. The van der Waals surface area contributed by atoms with Crippen LogP contribution in [0.5, 0.6) is 23.0 Å². The molecular weight excluding hydrogens is 1500 g/mol. The van der Waals surface area contributed by atoms with Crippen LogP contribution < -0.4 is 33.6 Å². The van der Waals surface area contributed by atoms with Crippen LogP contribution in [-0.4, -0.2) is 133 Å². The fourth-order valence-electron chi connectivity index (χ4n) is 10.1. The molecule has 4 aromatic heterocycles. The minimum absolute atomic E-state index is 0.100. The lowest BCUT2D eigenvalue weighted by Crippen LogP contribution is -2.37. The molecule has 4 heterocycles. The Bertz CT molecular complexity index is 5020. The van der Waals surface area contributed by atoms with Crippen LogP contribution in [0, 0.1) is 0 Å². The van der Waals surface area contributed by atoms with Crippen LogP contribution >= 0.6 is 15.9 Å². The van der Waals surface area contributed by atoms with Crippen molar-refractivity contribution in [3.8, 4) is 23.0 Å². The Hall–Kier alpha value is -11.8. The summed E-state index contributed by atoms with van der Waals surface area (Å²) in [6.45, 7) is 13.9. The van der Waals surface area contributed by atoms with Gasteiger partial charge in [-0.15, -0.1) is 0 Å². The molecule has 109 heavy (non-hydrogen) atoms. The van der Waals surface area contributed by atoms with E-state index in [1.165, 1.54) is 0 Å². The molecule has 0 atom stereocenters. The van der Waals surface area contributed by atoms with Gasteiger partial charge >= 0.3 is 36.2 Å². The number of aromatic hydroxyl groups is 1. The van der Waals surface area contributed by atoms with Crippen molar-refractivity contribution in [3.05, 3.63) is 170 Å². The van der Waals surface area contributed by atoms with Crippen molar-refractivity contribution in [3.63, 3.8) is 0 Å². The highest BCUT2D eigenvalue weighted by molar-refractivity contribution is 9.09. The Balaban J connectivity index is 0.000000209. The van der Waals surface area contributed by atoms with Gasteiger partial charge < -0.3 is 58.4 Å². The number of aryl methyl sites for hydroxylation is 2. The number of nitrogens with zero attached hydrogens (tertiary/aromatic N) is 8. The van der Waals surface area contributed by atoms with Gasteiger partial charge in [0.05, 0.1) is 72.7 Å². The van der Waals surface area contributed by atoms with Gasteiger partial charge in [-0.05, 0) is 133 Å². The molecule has 8 aromatic carbocycles. The number of carboxylic acid groups (broad SMARTS) is 3. The first kappa shape index (κ1) is 86.2. The topological polar surface area (TPSA) is 329 Å². The quantitative estimate of drug-likeness (QED) is 0.0114. The van der Waals surface area contributed by atoms with E-state index in [0.29, 0.717) is 101 Å². The molecule has 0 spiro atoms. The molecule has 0 radical (unpaired) electrons. The standard InChI is InChI=1S/C20H23N2O3.2C18H18N2O3.C12H8N2O.C6H11BrO2.2C2HF3O2/c1-3-22-16-10-6-5-9-15(16)21-20-17(22)11-7-12-18(20)25-14-8-13-19(23)24-4-2;1-2-20-14-8-4-3-7-13(14)19-18-15(20)9-5-10-16(18)23-12-6-11-17(21)22;1-2-22-17(21)11-6-12-23-16-10-5-9-15-18(16)20-14-8-4-3-7-13(14)19-15;15-11-7-3-6-10-12(11)14-9-5-2-1-4-8(9)13-10;1-2-9-6(8)4-3-5-7;2*3-2(4,5)1(6)7/h5-7,9-12H,3-4,8,13-14H2,1-2H3;2*3-5,7-10H,2,6,11-12H2,1H3;1-7,15H;2-5H2,1H3;2*(H,6,7)/q+1;;;;;;/p-1. The van der Waals surface area contributed by atoms with E-state index in [-0.39, 0.29) is 30.1 Å². The second-order valence-corrected chi connectivity index (χ2v) is 23.5. The molecule has 12 rings (SSSR count). The number of benzene rings is 8. The first-order valence-electron chi connectivity index (χ1n) is 34.4. The van der Waals surface area contributed by atoms with Crippen molar-refractivity contribution in [2.24, 2.45) is 0 Å². The number of aliphatic carboxylic acids is 3. The molecule has 0 saturated heterocycles. The number of hydrogen-bond acceptors (Lipinski definition) is 21. The summed E-state index contributed by atoms with van der Waals surface area (Å²) in [6.07, 6.45) is -6.47. The lowest BCUT2D eigenvalue weighted by atomic mass is 10.2. The van der Waals surface area contributed by atoms with Crippen LogP contribution in [0.25, 0.3) is 88.3 Å². The molecule has 2 N–H and O–H groups in total. The first-order valence-corrected chi connectivity index (χ1v) is 35.5. The Labute approximate surface area is 629 Å². The van der Waals surface area contributed by atoms with E-state index in [0.717, 1.165) is 108 Å². The first-order chi connectivity index (χ1) is 52.3. The van der Waals surface area contributed by atoms with Gasteiger partial charge in [-0.1, -0.05) is 88.7 Å². The summed E-state index contributed by atoms with van der Waals surface area (Å²) in [6, 6.07) is 54.2. The zero-order chi connectivity index (χ0) is 79.5. The van der Waals surface area contributed by atoms with E-state index < -0.39 is 30.3 Å². The lowest BCUT2D eigenvalue weighted by molar-refractivity contribution is -0.642. The van der Waals surface area contributed by atoms with Crippen molar-refractivity contribution in [2.45, 2.75) is 111 Å². The number of carboxylic acids is 3. The van der Waals surface area contributed by atoms with Gasteiger partial charge in [0, 0.05) is 55.3 Å². The monoisotopic (exact) mass is 1580 g/mol. The highest BCUT2D eigenvalue weighted by Crippen LogP contribution is 2.29. The molecule has 0 aliphatic heterocycles. The highest BCUT2D eigenvalue weighted by Gasteiger charge is 2.30. The molecule has 0 amide bonds. The Morgan fingerprint density at radius 1 is 0.385 bits per heavy atom. The maximum Gasteiger partial charge on any atom is 0.430 e. The molecule has 0 saturated carbocycles. The van der Waals surface area contributed by atoms with E-state index in [4.69, 9.17) is 58.6 Å². The second-order valence-electron chi connectivity index (χ2n) is 22.7. The number of phenols is 1. The van der Waals surface area contributed by atoms with Crippen molar-refractivity contribution >= 4 is 140 Å². The molecule has 0 unspecified atom stereocenters. The smallest absolute Gasteiger partial charge is 0.430 e. The molecule has 0 aliphatic carbocycles. The van der Waals surface area contributed by atoms with E-state index >= 15 is 0 Å². The summed E-state index contributed by atoms with van der Waals surface area (Å²) in [5, 5.41) is 36.8. The van der Waals surface area contributed by atoms with Gasteiger partial charge in [0.1, 0.15) is 58.6 Å². The van der Waals surface area contributed by atoms with Crippen LogP contribution in [0.3, 0.4) is 0 Å². The minimum atomic E-state index is -5.19. The molecular formula is C78H79BrF6N8O16. The van der Waals surface area contributed by atoms with Crippen molar-refractivity contribution in [1.82, 2.24) is 29.9 Å². The number of para-hydroxylation sites is 12. The number of alkyl halides is 7.